The minimum absolute atomic E-state index is 0.0719. The van der Waals surface area contributed by atoms with E-state index in [0.29, 0.717) is 5.56 Å². The molecule has 0 fully saturated rings. The second-order valence-electron chi connectivity index (χ2n) is 5.70. The van der Waals surface area contributed by atoms with Gasteiger partial charge in [0, 0.05) is 0 Å². The van der Waals surface area contributed by atoms with Crippen LogP contribution in [-0.4, -0.2) is 34.4 Å². The lowest BCUT2D eigenvalue weighted by atomic mass is 10.1. The molecule has 3 N–H and O–H groups in total. The fourth-order valence-electron chi connectivity index (χ4n) is 1.89. The van der Waals surface area contributed by atoms with Gasteiger partial charge in [0.15, 0.2) is 0 Å². The number of rotatable bonds is 9. The van der Waals surface area contributed by atoms with Crippen LogP contribution in [0.4, 0.5) is 0 Å². The third kappa shape index (κ3) is 7.14. The van der Waals surface area contributed by atoms with Gasteiger partial charge in [-0.3, -0.25) is 13.8 Å². The number of aromatic hydroxyl groups is 1. The highest BCUT2D eigenvalue weighted by Gasteiger charge is 2.34. The van der Waals surface area contributed by atoms with E-state index in [-0.39, 0.29) is 12.2 Å². The first-order valence-electron chi connectivity index (χ1n) is 7.36. The van der Waals surface area contributed by atoms with Gasteiger partial charge < -0.3 is 10.2 Å². The fourth-order valence-corrected chi connectivity index (χ4v) is 3.75. The standard InChI is InChI=1S/C15H24NO6P/c1-10(2)21-23(20,22-11(3)4)16-14(15(18)19)9-12-5-7-13(17)8-6-12/h5-8,10-11,14,17H,9H2,1-4H3,(H,16,20)(H,18,19)/t14-/m0/s1. The van der Waals surface area contributed by atoms with Crippen LogP contribution in [0.2, 0.25) is 0 Å². The van der Waals surface area contributed by atoms with Crippen molar-refractivity contribution in [2.24, 2.45) is 0 Å². The first-order chi connectivity index (χ1) is 10.6. The van der Waals surface area contributed by atoms with Crippen molar-refractivity contribution in [2.45, 2.75) is 52.4 Å². The van der Waals surface area contributed by atoms with Crippen molar-refractivity contribution < 1.29 is 28.6 Å². The molecule has 0 aromatic heterocycles. The smallest absolute Gasteiger partial charge is 0.406 e. The average Bonchev–Trinajstić information content (AvgIpc) is 2.38. The van der Waals surface area contributed by atoms with Crippen LogP contribution in [0.1, 0.15) is 33.3 Å². The predicted molar refractivity (Wildman–Crippen MR) is 86.4 cm³/mol. The van der Waals surface area contributed by atoms with Crippen LogP contribution in [0, 0.1) is 0 Å². The van der Waals surface area contributed by atoms with Gasteiger partial charge in [-0.15, -0.1) is 0 Å². The maximum absolute atomic E-state index is 12.7. The van der Waals surface area contributed by atoms with Crippen molar-refractivity contribution in [1.29, 1.82) is 0 Å². The number of phenols is 1. The predicted octanol–water partition coefficient (Wildman–Crippen LogP) is 2.94. The van der Waals surface area contributed by atoms with Gasteiger partial charge in [-0.2, -0.15) is 0 Å². The van der Waals surface area contributed by atoms with Crippen LogP contribution in [0.3, 0.4) is 0 Å². The van der Waals surface area contributed by atoms with E-state index in [9.17, 15) is 19.6 Å². The topological polar surface area (TPSA) is 105 Å². The molecule has 8 heteroatoms. The zero-order valence-electron chi connectivity index (χ0n) is 13.7. The molecular weight excluding hydrogens is 321 g/mol. The summed E-state index contributed by atoms with van der Waals surface area (Å²) in [6.07, 6.45) is -0.715. The number of carboxylic acid groups (broad SMARTS) is 1. The monoisotopic (exact) mass is 345 g/mol. The first kappa shape index (κ1) is 19.6. The Kier molecular flexibility index (Phi) is 7.22. The summed E-state index contributed by atoms with van der Waals surface area (Å²) >= 11 is 0. The molecule has 1 rings (SSSR count). The molecule has 0 aliphatic rings. The van der Waals surface area contributed by atoms with Gasteiger partial charge in [0.05, 0.1) is 12.2 Å². The maximum atomic E-state index is 12.7. The number of hydrogen-bond donors (Lipinski definition) is 3. The van der Waals surface area contributed by atoms with E-state index in [1.54, 1.807) is 39.8 Å². The highest BCUT2D eigenvalue weighted by molar-refractivity contribution is 7.51. The average molecular weight is 345 g/mol. The van der Waals surface area contributed by atoms with Crippen LogP contribution in [0.15, 0.2) is 24.3 Å². The Morgan fingerprint density at radius 3 is 2.00 bits per heavy atom. The summed E-state index contributed by atoms with van der Waals surface area (Å²) < 4.78 is 23.3. The Hall–Kier alpha value is -1.40. The minimum atomic E-state index is -3.77. The Morgan fingerprint density at radius 2 is 1.61 bits per heavy atom. The number of aliphatic carboxylic acids is 1. The largest absolute Gasteiger partial charge is 0.508 e. The van der Waals surface area contributed by atoms with Gasteiger partial charge in [-0.25, -0.2) is 9.65 Å². The second kappa shape index (κ2) is 8.45. The highest BCUT2D eigenvalue weighted by Crippen LogP contribution is 2.47. The molecule has 0 saturated heterocycles. The quantitative estimate of drug-likeness (QED) is 0.591. The zero-order valence-corrected chi connectivity index (χ0v) is 14.6. The van der Waals surface area contributed by atoms with Crippen LogP contribution < -0.4 is 5.09 Å². The Bertz CT molecular complexity index is 544. The zero-order chi connectivity index (χ0) is 17.6. The summed E-state index contributed by atoms with van der Waals surface area (Å²) in [6, 6.07) is 4.98. The third-order valence-electron chi connectivity index (χ3n) is 2.69. The van der Waals surface area contributed by atoms with Crippen molar-refractivity contribution in [3.05, 3.63) is 29.8 Å². The molecule has 0 saturated carbocycles. The number of carboxylic acids is 1. The molecule has 1 aromatic carbocycles. The molecule has 23 heavy (non-hydrogen) atoms. The Balaban J connectivity index is 2.92. The molecule has 0 spiro atoms. The molecular formula is C15H24NO6P. The van der Waals surface area contributed by atoms with Gasteiger partial charge >= 0.3 is 13.7 Å². The molecule has 7 nitrogen and oxygen atoms in total. The molecule has 0 bridgehead atoms. The van der Waals surface area contributed by atoms with Crippen LogP contribution in [-0.2, 0) is 24.8 Å². The van der Waals surface area contributed by atoms with Gasteiger partial charge in [0.25, 0.3) is 0 Å². The van der Waals surface area contributed by atoms with E-state index >= 15 is 0 Å². The second-order valence-corrected chi connectivity index (χ2v) is 7.37. The molecule has 0 aliphatic carbocycles. The number of hydrogen-bond acceptors (Lipinski definition) is 5. The fraction of sp³-hybridized carbons (Fsp3) is 0.533. The van der Waals surface area contributed by atoms with E-state index in [1.165, 1.54) is 12.1 Å². The minimum Gasteiger partial charge on any atom is -0.508 e. The van der Waals surface area contributed by atoms with E-state index in [0.717, 1.165) is 0 Å². The summed E-state index contributed by atoms with van der Waals surface area (Å²) in [5.74, 6) is -1.08. The third-order valence-corrected chi connectivity index (χ3v) is 4.71. The maximum Gasteiger partial charge on any atom is 0.406 e. The van der Waals surface area contributed by atoms with Gasteiger partial charge in [-0.05, 0) is 51.8 Å². The lowest BCUT2D eigenvalue weighted by molar-refractivity contribution is -0.139. The summed E-state index contributed by atoms with van der Waals surface area (Å²) in [5, 5.41) is 21.1. The highest BCUT2D eigenvalue weighted by atomic mass is 31.2. The van der Waals surface area contributed by atoms with Crippen molar-refractivity contribution in [3.63, 3.8) is 0 Å². The van der Waals surface area contributed by atoms with Crippen LogP contribution in [0.5, 0.6) is 5.75 Å². The van der Waals surface area contributed by atoms with Crippen LogP contribution in [0.25, 0.3) is 0 Å². The van der Waals surface area contributed by atoms with E-state index in [1.807, 2.05) is 0 Å². The molecule has 1 atom stereocenters. The van der Waals surface area contributed by atoms with Crippen molar-refractivity contribution in [1.82, 2.24) is 5.09 Å². The molecule has 0 heterocycles. The van der Waals surface area contributed by atoms with Crippen molar-refractivity contribution >= 4 is 13.7 Å². The summed E-state index contributed by atoms with van der Waals surface area (Å²) in [6.45, 7) is 6.75. The Labute approximate surface area is 136 Å². The normalized spacial score (nSPS) is 13.5. The van der Waals surface area contributed by atoms with Gasteiger partial charge in [0.1, 0.15) is 11.8 Å². The Morgan fingerprint density at radius 1 is 1.13 bits per heavy atom. The van der Waals surface area contributed by atoms with Crippen molar-refractivity contribution in [2.75, 3.05) is 0 Å². The van der Waals surface area contributed by atoms with Gasteiger partial charge in [0.2, 0.25) is 0 Å². The molecule has 0 radical (unpaired) electrons. The molecule has 0 unspecified atom stereocenters. The molecule has 130 valence electrons. The van der Waals surface area contributed by atoms with E-state index < -0.39 is 32.0 Å². The summed E-state index contributed by atoms with van der Waals surface area (Å²) in [7, 11) is -3.77. The summed E-state index contributed by atoms with van der Waals surface area (Å²) in [4.78, 5) is 11.5. The lowest BCUT2D eigenvalue weighted by Gasteiger charge is -2.26. The molecule has 0 amide bonds. The first-order valence-corrected chi connectivity index (χ1v) is 8.91. The summed E-state index contributed by atoms with van der Waals surface area (Å²) in [5.41, 5.74) is 0.670. The lowest BCUT2D eigenvalue weighted by Crippen LogP contribution is -2.38. The van der Waals surface area contributed by atoms with Crippen LogP contribution >= 0.6 is 7.75 Å². The van der Waals surface area contributed by atoms with Gasteiger partial charge in [-0.1, -0.05) is 12.1 Å². The van der Waals surface area contributed by atoms with E-state index in [2.05, 4.69) is 5.09 Å². The number of carbonyl (C=O) groups is 1. The van der Waals surface area contributed by atoms with Crippen molar-refractivity contribution in [3.8, 4) is 5.75 Å². The number of benzene rings is 1. The number of phenolic OH excluding ortho intramolecular Hbond substituents is 1. The van der Waals surface area contributed by atoms with E-state index in [4.69, 9.17) is 9.05 Å². The SMILES string of the molecule is CC(C)OP(=O)(N[C@@H](Cc1ccc(O)cc1)C(=O)O)OC(C)C. The molecule has 0 aliphatic heterocycles. The molecule has 1 aromatic rings. The number of nitrogens with one attached hydrogen (secondary N) is 1.